The Morgan fingerprint density at radius 2 is 1.89 bits per heavy atom. The number of terminal acetylenes is 1. The highest BCUT2D eigenvalue weighted by Gasteiger charge is 2.33. The maximum Gasteiger partial charge on any atom is 0.338 e. The first-order valence-corrected chi connectivity index (χ1v) is 12.6. The third kappa shape index (κ3) is 4.37. The monoisotopic (exact) mass is 508 g/mol. The van der Waals surface area contributed by atoms with Gasteiger partial charge in [-0.1, -0.05) is 84.8 Å². The molecule has 3 aromatic carbocycles. The van der Waals surface area contributed by atoms with Gasteiger partial charge in [0.15, 0.2) is 4.80 Å². The first kappa shape index (κ1) is 24.3. The van der Waals surface area contributed by atoms with E-state index in [4.69, 9.17) is 20.9 Å². The van der Waals surface area contributed by atoms with Crippen molar-refractivity contribution in [2.24, 2.45) is 4.99 Å². The van der Waals surface area contributed by atoms with Gasteiger partial charge in [-0.05, 0) is 34.9 Å². The van der Waals surface area contributed by atoms with Crippen molar-refractivity contribution in [3.63, 3.8) is 0 Å². The summed E-state index contributed by atoms with van der Waals surface area (Å²) in [5, 5.41) is 1.95. The molecular weight excluding hydrogens is 484 g/mol. The van der Waals surface area contributed by atoms with Gasteiger partial charge in [0.1, 0.15) is 12.4 Å². The van der Waals surface area contributed by atoms with Gasteiger partial charge in [-0.25, -0.2) is 9.79 Å². The van der Waals surface area contributed by atoms with Gasteiger partial charge in [0.25, 0.3) is 5.56 Å². The normalized spacial score (nSPS) is 15.2. The fourth-order valence-electron chi connectivity index (χ4n) is 4.62. The molecule has 0 N–H and O–H groups in total. The predicted molar refractivity (Wildman–Crippen MR) is 145 cm³/mol. The molecule has 5 rings (SSSR count). The summed E-state index contributed by atoms with van der Waals surface area (Å²) >= 11 is 1.28. The standard InChI is InChI=1S/C30H24N2O4S/c1-4-17-36-24-16-15-19-11-9-10-14-21(19)22(24)18-25-28(33)32-27(20-12-7-6-8-13-20)26(29(34)35-3)23(5-2)31-30(32)37-25/h1,6-16,18,27H,5,17H2,2-3H3/b25-18+/t27-/m0/s1. The lowest BCUT2D eigenvalue weighted by molar-refractivity contribution is -0.136. The fraction of sp³-hybridized carbons (Fsp3) is 0.167. The quantitative estimate of drug-likeness (QED) is 0.292. The Bertz CT molecular complexity index is 1760. The second-order valence-electron chi connectivity index (χ2n) is 8.39. The van der Waals surface area contributed by atoms with Crippen molar-refractivity contribution in [2.45, 2.75) is 19.4 Å². The van der Waals surface area contributed by atoms with Crippen molar-refractivity contribution in [2.75, 3.05) is 13.7 Å². The first-order valence-electron chi connectivity index (χ1n) is 11.8. The molecule has 0 amide bonds. The van der Waals surface area contributed by atoms with Crippen LogP contribution >= 0.6 is 11.3 Å². The molecule has 1 aliphatic heterocycles. The van der Waals surface area contributed by atoms with Crippen LogP contribution in [0.1, 0.15) is 30.5 Å². The number of carbonyl (C=O) groups excluding carboxylic acids is 1. The highest BCUT2D eigenvalue weighted by Crippen LogP contribution is 2.32. The van der Waals surface area contributed by atoms with E-state index in [2.05, 4.69) is 5.92 Å². The number of esters is 1. The van der Waals surface area contributed by atoms with E-state index < -0.39 is 12.0 Å². The molecule has 0 unspecified atom stereocenters. The fourth-order valence-corrected chi connectivity index (χ4v) is 5.62. The van der Waals surface area contributed by atoms with Gasteiger partial charge in [-0.3, -0.25) is 9.36 Å². The number of benzene rings is 3. The number of thiazole rings is 1. The zero-order chi connectivity index (χ0) is 25.9. The minimum atomic E-state index is -0.647. The maximum absolute atomic E-state index is 13.9. The van der Waals surface area contributed by atoms with Crippen LogP contribution in [0.5, 0.6) is 5.75 Å². The zero-order valence-corrected chi connectivity index (χ0v) is 21.2. The molecular formula is C30H24N2O4S. The molecule has 6 nitrogen and oxygen atoms in total. The minimum absolute atomic E-state index is 0.108. The summed E-state index contributed by atoms with van der Waals surface area (Å²) in [4.78, 5) is 32.1. The number of carbonyl (C=O) groups is 1. The third-order valence-electron chi connectivity index (χ3n) is 6.28. The smallest absolute Gasteiger partial charge is 0.338 e. The molecule has 0 bridgehead atoms. The van der Waals surface area contributed by atoms with Crippen molar-refractivity contribution in [3.8, 4) is 18.1 Å². The van der Waals surface area contributed by atoms with E-state index in [-0.39, 0.29) is 12.2 Å². The maximum atomic E-state index is 13.9. The van der Waals surface area contributed by atoms with Gasteiger partial charge in [-0.15, -0.1) is 6.42 Å². The molecule has 0 spiro atoms. The summed E-state index contributed by atoms with van der Waals surface area (Å²) in [6.07, 6.45) is 7.78. The van der Waals surface area contributed by atoms with Crippen LogP contribution in [0.2, 0.25) is 0 Å². The lowest BCUT2D eigenvalue weighted by Gasteiger charge is -2.25. The molecule has 37 heavy (non-hydrogen) atoms. The Kier molecular flexibility index (Phi) is 6.76. The Labute approximate surface area is 217 Å². The van der Waals surface area contributed by atoms with Gasteiger partial charge >= 0.3 is 5.97 Å². The highest BCUT2D eigenvalue weighted by atomic mass is 32.1. The van der Waals surface area contributed by atoms with Crippen LogP contribution in [0.4, 0.5) is 0 Å². The van der Waals surface area contributed by atoms with Crippen molar-refractivity contribution in [3.05, 3.63) is 109 Å². The molecule has 7 heteroatoms. The number of hydrogen-bond donors (Lipinski definition) is 0. The second kappa shape index (κ2) is 10.3. The first-order chi connectivity index (χ1) is 18.1. The molecule has 184 valence electrons. The molecule has 0 aliphatic carbocycles. The zero-order valence-electron chi connectivity index (χ0n) is 20.4. The third-order valence-corrected chi connectivity index (χ3v) is 7.27. The SMILES string of the molecule is C#CCOc1ccc2ccccc2c1/C=c1/sc2n(c1=O)[C@@H](c1ccccc1)C(C(=O)OC)=C(CC)N=2. The van der Waals surface area contributed by atoms with Crippen molar-refractivity contribution in [1.29, 1.82) is 0 Å². The molecule has 1 aliphatic rings. The number of fused-ring (bicyclic) bond motifs is 2. The molecule has 1 aromatic heterocycles. The second-order valence-corrected chi connectivity index (χ2v) is 9.40. The number of rotatable bonds is 6. The van der Waals surface area contributed by atoms with E-state index in [1.165, 1.54) is 18.4 Å². The number of nitrogens with zero attached hydrogens (tertiary/aromatic N) is 2. The van der Waals surface area contributed by atoms with Crippen LogP contribution < -0.4 is 19.6 Å². The highest BCUT2D eigenvalue weighted by molar-refractivity contribution is 7.07. The summed E-state index contributed by atoms with van der Waals surface area (Å²) in [6, 6.07) is 20.5. The topological polar surface area (TPSA) is 69.9 Å². The lowest BCUT2D eigenvalue weighted by Crippen LogP contribution is -2.40. The van der Waals surface area contributed by atoms with E-state index in [9.17, 15) is 9.59 Å². The molecule has 0 radical (unpaired) electrons. The lowest BCUT2D eigenvalue weighted by atomic mass is 9.95. The summed E-state index contributed by atoms with van der Waals surface area (Å²) in [6.45, 7) is 2.04. The van der Waals surface area contributed by atoms with Crippen LogP contribution in [-0.2, 0) is 9.53 Å². The van der Waals surface area contributed by atoms with Crippen LogP contribution in [-0.4, -0.2) is 24.3 Å². The van der Waals surface area contributed by atoms with E-state index in [0.29, 0.717) is 32.8 Å². The Hall–Kier alpha value is -4.41. The molecule has 4 aromatic rings. The van der Waals surface area contributed by atoms with E-state index in [1.807, 2.05) is 79.7 Å². The van der Waals surface area contributed by atoms with E-state index in [0.717, 1.165) is 21.9 Å². The number of aromatic nitrogens is 1. The Morgan fingerprint density at radius 1 is 1.14 bits per heavy atom. The Balaban J connectivity index is 1.80. The molecule has 1 atom stereocenters. The van der Waals surface area contributed by atoms with Crippen molar-refractivity contribution in [1.82, 2.24) is 4.57 Å². The Morgan fingerprint density at radius 3 is 2.62 bits per heavy atom. The van der Waals surface area contributed by atoms with Gasteiger partial charge in [0.2, 0.25) is 0 Å². The van der Waals surface area contributed by atoms with E-state index in [1.54, 1.807) is 4.57 Å². The van der Waals surface area contributed by atoms with Gasteiger partial charge in [-0.2, -0.15) is 0 Å². The number of hydrogen-bond acceptors (Lipinski definition) is 6. The van der Waals surface area contributed by atoms with Crippen LogP contribution in [0.15, 0.2) is 87.8 Å². The molecule has 2 heterocycles. The summed E-state index contributed by atoms with van der Waals surface area (Å²) < 4.78 is 13.0. The van der Waals surface area contributed by atoms with Crippen LogP contribution in [0, 0.1) is 12.3 Å². The largest absolute Gasteiger partial charge is 0.480 e. The van der Waals surface area contributed by atoms with Gasteiger partial charge in [0.05, 0.1) is 29.0 Å². The summed E-state index contributed by atoms with van der Waals surface area (Å²) in [5.41, 5.74) is 2.30. The van der Waals surface area contributed by atoms with E-state index >= 15 is 0 Å². The molecule has 0 saturated heterocycles. The average molecular weight is 509 g/mol. The summed E-state index contributed by atoms with van der Waals surface area (Å²) in [7, 11) is 1.34. The van der Waals surface area contributed by atoms with Crippen LogP contribution in [0.3, 0.4) is 0 Å². The minimum Gasteiger partial charge on any atom is -0.480 e. The van der Waals surface area contributed by atoms with Gasteiger partial charge in [0, 0.05) is 5.56 Å². The molecule has 0 saturated carbocycles. The average Bonchev–Trinajstić information content (AvgIpc) is 3.25. The number of allylic oxidation sites excluding steroid dienone is 1. The summed E-state index contributed by atoms with van der Waals surface area (Å²) in [5.74, 6) is 2.59. The van der Waals surface area contributed by atoms with Crippen molar-refractivity contribution < 1.29 is 14.3 Å². The van der Waals surface area contributed by atoms with Crippen LogP contribution in [0.25, 0.3) is 16.8 Å². The van der Waals surface area contributed by atoms with Gasteiger partial charge < -0.3 is 9.47 Å². The molecule has 0 fully saturated rings. The van der Waals surface area contributed by atoms with Crippen molar-refractivity contribution >= 4 is 34.2 Å². The number of methoxy groups -OCH3 is 1. The predicted octanol–water partition coefficient (Wildman–Crippen LogP) is 3.96. The number of ether oxygens (including phenoxy) is 2.